The summed E-state index contributed by atoms with van der Waals surface area (Å²) in [4.78, 5) is 8.01. The van der Waals surface area contributed by atoms with Crippen molar-refractivity contribution in [3.63, 3.8) is 0 Å². The first-order chi connectivity index (χ1) is 6.81. The van der Waals surface area contributed by atoms with E-state index < -0.39 is 0 Å². The zero-order valence-corrected chi connectivity index (χ0v) is 9.90. The fourth-order valence-electron chi connectivity index (χ4n) is 1.52. The van der Waals surface area contributed by atoms with Crippen LogP contribution in [-0.4, -0.2) is 35.0 Å². The molecule has 78 valence electrons. The molecule has 2 heterocycles. The van der Waals surface area contributed by atoms with Crippen molar-refractivity contribution in [3.05, 3.63) is 16.1 Å². The van der Waals surface area contributed by atoms with Crippen molar-refractivity contribution in [1.29, 1.82) is 0 Å². The number of nitrogens with two attached hydrogens (primary N) is 1. The van der Waals surface area contributed by atoms with Gasteiger partial charge in [0, 0.05) is 35.7 Å². The Morgan fingerprint density at radius 1 is 1.71 bits per heavy atom. The van der Waals surface area contributed by atoms with E-state index in [4.69, 9.17) is 5.73 Å². The second-order valence-electron chi connectivity index (χ2n) is 3.44. The third-order valence-corrected chi connectivity index (χ3v) is 4.60. The van der Waals surface area contributed by atoms with E-state index >= 15 is 0 Å². The summed E-state index contributed by atoms with van der Waals surface area (Å²) in [6.07, 6.45) is 1.91. The van der Waals surface area contributed by atoms with Gasteiger partial charge in [-0.3, -0.25) is 4.90 Å². The number of nitrogens with zero attached hydrogens (tertiary/aromatic N) is 2. The highest BCUT2D eigenvalue weighted by atomic mass is 32.2. The van der Waals surface area contributed by atoms with Gasteiger partial charge in [0.25, 0.3) is 0 Å². The summed E-state index contributed by atoms with van der Waals surface area (Å²) in [6.45, 7) is 1.77. The molecule has 2 N–H and O–H groups in total. The van der Waals surface area contributed by atoms with Crippen LogP contribution in [0.2, 0.25) is 0 Å². The molecule has 0 spiro atoms. The van der Waals surface area contributed by atoms with E-state index in [1.807, 2.05) is 18.0 Å². The Hall–Kier alpha value is -0.100. The lowest BCUT2D eigenvalue weighted by Gasteiger charge is -2.30. The van der Waals surface area contributed by atoms with E-state index in [2.05, 4.69) is 16.9 Å². The van der Waals surface area contributed by atoms with Crippen molar-refractivity contribution < 1.29 is 0 Å². The molecule has 0 aromatic carbocycles. The Bertz CT molecular complexity index is 300. The van der Waals surface area contributed by atoms with E-state index in [0.29, 0.717) is 12.6 Å². The van der Waals surface area contributed by atoms with Crippen LogP contribution in [0.4, 0.5) is 0 Å². The van der Waals surface area contributed by atoms with E-state index in [9.17, 15) is 0 Å². The lowest BCUT2D eigenvalue weighted by atomic mass is 10.3. The Balaban J connectivity index is 2.12. The Morgan fingerprint density at radius 3 is 3.21 bits per heavy atom. The smallest absolute Gasteiger partial charge is 0.111 e. The molecule has 0 amide bonds. The molecule has 1 fully saturated rings. The minimum atomic E-state index is 0.499. The standard InChI is InChI=1S/C9H15N3S2/c1-12-2-3-13-6-8(12)9-11-5-7(4-10)14-9/h5,8H,2-4,6,10H2,1H3. The largest absolute Gasteiger partial charge is 0.326 e. The van der Waals surface area contributed by atoms with Crippen molar-refractivity contribution in [2.24, 2.45) is 5.73 Å². The van der Waals surface area contributed by atoms with E-state index in [1.54, 1.807) is 11.3 Å². The highest BCUT2D eigenvalue weighted by Gasteiger charge is 2.23. The Kier molecular flexibility index (Phi) is 3.43. The molecule has 0 aliphatic carbocycles. The van der Waals surface area contributed by atoms with E-state index in [1.165, 1.54) is 15.6 Å². The number of aromatic nitrogens is 1. The molecule has 1 aliphatic heterocycles. The van der Waals surface area contributed by atoms with Gasteiger partial charge in [0.05, 0.1) is 6.04 Å². The fourth-order valence-corrected chi connectivity index (χ4v) is 3.80. The van der Waals surface area contributed by atoms with E-state index in [-0.39, 0.29) is 0 Å². The Morgan fingerprint density at radius 2 is 2.57 bits per heavy atom. The van der Waals surface area contributed by atoms with Crippen molar-refractivity contribution in [3.8, 4) is 0 Å². The molecule has 1 unspecified atom stereocenters. The molecule has 3 nitrogen and oxygen atoms in total. The first-order valence-corrected chi connectivity index (χ1v) is 6.71. The van der Waals surface area contributed by atoms with Gasteiger partial charge in [-0.1, -0.05) is 0 Å². The molecule has 2 rings (SSSR count). The van der Waals surface area contributed by atoms with Crippen LogP contribution >= 0.6 is 23.1 Å². The lowest BCUT2D eigenvalue weighted by molar-refractivity contribution is 0.274. The maximum absolute atomic E-state index is 5.58. The van der Waals surface area contributed by atoms with E-state index in [0.717, 1.165) is 12.3 Å². The molecule has 1 aromatic heterocycles. The number of hydrogen-bond donors (Lipinski definition) is 1. The first kappa shape index (κ1) is 10.4. The maximum Gasteiger partial charge on any atom is 0.111 e. The van der Waals surface area contributed by atoms with Crippen LogP contribution < -0.4 is 5.73 Å². The zero-order chi connectivity index (χ0) is 9.97. The minimum Gasteiger partial charge on any atom is -0.326 e. The van der Waals surface area contributed by atoms with Gasteiger partial charge in [-0.25, -0.2) is 4.98 Å². The number of rotatable bonds is 2. The lowest BCUT2D eigenvalue weighted by Crippen LogP contribution is -2.32. The summed E-state index contributed by atoms with van der Waals surface area (Å²) in [5.74, 6) is 2.40. The molecule has 0 saturated carbocycles. The quantitative estimate of drug-likeness (QED) is 0.830. The van der Waals surface area contributed by atoms with Gasteiger partial charge >= 0.3 is 0 Å². The average Bonchev–Trinajstić information content (AvgIpc) is 2.67. The predicted molar refractivity (Wildman–Crippen MR) is 62.7 cm³/mol. The molecule has 1 atom stereocenters. The average molecular weight is 229 g/mol. The summed E-state index contributed by atoms with van der Waals surface area (Å²) in [5.41, 5.74) is 5.58. The SMILES string of the molecule is CN1CCSCC1c1ncc(CN)s1. The van der Waals surface area contributed by atoms with Gasteiger partial charge < -0.3 is 5.73 Å². The zero-order valence-electron chi connectivity index (χ0n) is 8.27. The van der Waals surface area contributed by atoms with Crippen molar-refractivity contribution in [2.75, 3.05) is 25.1 Å². The number of thiazole rings is 1. The van der Waals surface area contributed by atoms with Crippen LogP contribution in [-0.2, 0) is 6.54 Å². The third kappa shape index (κ3) is 2.11. The topological polar surface area (TPSA) is 42.2 Å². The number of hydrogen-bond acceptors (Lipinski definition) is 5. The molecular formula is C9H15N3S2. The van der Waals surface area contributed by atoms with Gasteiger partial charge in [0.2, 0.25) is 0 Å². The van der Waals surface area contributed by atoms with Crippen LogP contribution in [0.15, 0.2) is 6.20 Å². The summed E-state index contributed by atoms with van der Waals surface area (Å²) >= 11 is 3.76. The van der Waals surface area contributed by atoms with Gasteiger partial charge in [-0.05, 0) is 7.05 Å². The summed E-state index contributed by atoms with van der Waals surface area (Å²) in [7, 11) is 2.17. The van der Waals surface area contributed by atoms with Gasteiger partial charge in [-0.15, -0.1) is 11.3 Å². The monoisotopic (exact) mass is 229 g/mol. The Labute approximate surface area is 92.7 Å². The molecule has 0 radical (unpaired) electrons. The maximum atomic E-state index is 5.58. The highest BCUT2D eigenvalue weighted by Crippen LogP contribution is 2.30. The van der Waals surface area contributed by atoms with Crippen molar-refractivity contribution >= 4 is 23.1 Å². The second-order valence-corrected chi connectivity index (χ2v) is 5.74. The molecular weight excluding hydrogens is 214 g/mol. The van der Waals surface area contributed by atoms with Crippen molar-refractivity contribution in [2.45, 2.75) is 12.6 Å². The summed E-state index contributed by atoms with van der Waals surface area (Å²) in [6, 6.07) is 0.499. The summed E-state index contributed by atoms with van der Waals surface area (Å²) < 4.78 is 0. The highest BCUT2D eigenvalue weighted by molar-refractivity contribution is 7.99. The molecule has 5 heteroatoms. The molecule has 1 aliphatic rings. The summed E-state index contributed by atoms with van der Waals surface area (Å²) in [5, 5.41) is 1.22. The van der Waals surface area contributed by atoms with Crippen LogP contribution in [0.3, 0.4) is 0 Å². The van der Waals surface area contributed by atoms with Crippen LogP contribution in [0.5, 0.6) is 0 Å². The van der Waals surface area contributed by atoms with Crippen LogP contribution in [0.1, 0.15) is 15.9 Å². The van der Waals surface area contributed by atoms with Gasteiger partial charge in [-0.2, -0.15) is 11.8 Å². The third-order valence-electron chi connectivity index (χ3n) is 2.45. The minimum absolute atomic E-state index is 0.499. The molecule has 1 aromatic rings. The van der Waals surface area contributed by atoms with Crippen LogP contribution in [0.25, 0.3) is 0 Å². The number of thioether (sulfide) groups is 1. The van der Waals surface area contributed by atoms with Gasteiger partial charge in [0.1, 0.15) is 5.01 Å². The predicted octanol–water partition coefficient (Wildman–Crippen LogP) is 1.32. The second kappa shape index (κ2) is 4.61. The molecule has 1 saturated heterocycles. The molecule has 0 bridgehead atoms. The fraction of sp³-hybridized carbons (Fsp3) is 0.667. The molecule has 14 heavy (non-hydrogen) atoms. The van der Waals surface area contributed by atoms with Crippen LogP contribution in [0, 0.1) is 0 Å². The normalized spacial score (nSPS) is 24.0. The first-order valence-electron chi connectivity index (χ1n) is 4.74. The van der Waals surface area contributed by atoms with Gasteiger partial charge in [0.15, 0.2) is 0 Å². The van der Waals surface area contributed by atoms with Crippen molar-refractivity contribution in [1.82, 2.24) is 9.88 Å².